The number of urea groups is 1. The molecule has 0 spiro atoms. The van der Waals surface area contributed by atoms with Gasteiger partial charge >= 0.3 is 12.0 Å². The first-order valence-electron chi connectivity index (χ1n) is 11.2. The lowest BCUT2D eigenvalue weighted by atomic mass is 9.93. The summed E-state index contributed by atoms with van der Waals surface area (Å²) in [5.74, 6) is 0.771. The second-order valence-corrected chi connectivity index (χ2v) is 7.95. The molecule has 0 bridgehead atoms. The fourth-order valence-electron chi connectivity index (χ4n) is 3.53. The van der Waals surface area contributed by atoms with Crippen molar-refractivity contribution in [2.45, 2.75) is 78.4 Å². The topological polar surface area (TPSA) is 85.9 Å². The van der Waals surface area contributed by atoms with Crippen LogP contribution in [0.5, 0.6) is 11.5 Å². The molecule has 0 fully saturated rings. The van der Waals surface area contributed by atoms with E-state index in [1.54, 1.807) is 21.0 Å². The van der Waals surface area contributed by atoms with Crippen LogP contribution >= 0.6 is 0 Å². The number of methoxy groups -OCH3 is 1. The summed E-state index contributed by atoms with van der Waals surface area (Å²) >= 11 is 0. The number of carbonyl (C=O) groups excluding carboxylic acids is 2. The second kappa shape index (κ2) is 12.2. The molecule has 2 N–H and O–H groups in total. The molecule has 172 valence electrons. The van der Waals surface area contributed by atoms with Crippen molar-refractivity contribution >= 4 is 12.0 Å². The molecule has 1 aliphatic rings. The maximum atomic E-state index is 12.9. The van der Waals surface area contributed by atoms with Gasteiger partial charge in [-0.3, -0.25) is 0 Å². The molecule has 1 aromatic rings. The quantitative estimate of drug-likeness (QED) is 0.358. The molecule has 0 saturated carbocycles. The van der Waals surface area contributed by atoms with Crippen molar-refractivity contribution in [2.75, 3.05) is 13.7 Å². The lowest BCUT2D eigenvalue weighted by Gasteiger charge is -2.30. The van der Waals surface area contributed by atoms with Crippen molar-refractivity contribution in [2.24, 2.45) is 0 Å². The van der Waals surface area contributed by atoms with E-state index in [-0.39, 0.29) is 12.1 Å². The van der Waals surface area contributed by atoms with E-state index in [1.807, 2.05) is 25.1 Å². The van der Waals surface area contributed by atoms with Gasteiger partial charge in [-0.05, 0) is 44.4 Å². The molecule has 0 saturated heterocycles. The number of amides is 2. The van der Waals surface area contributed by atoms with Crippen molar-refractivity contribution in [1.82, 2.24) is 10.6 Å². The van der Waals surface area contributed by atoms with Crippen molar-refractivity contribution in [3.8, 4) is 11.5 Å². The molecule has 1 aromatic carbocycles. The van der Waals surface area contributed by atoms with Crippen LogP contribution in [-0.2, 0) is 9.53 Å². The highest BCUT2D eigenvalue weighted by Crippen LogP contribution is 2.35. The van der Waals surface area contributed by atoms with Crippen molar-refractivity contribution < 1.29 is 23.8 Å². The number of carbonyl (C=O) groups is 2. The van der Waals surface area contributed by atoms with Crippen LogP contribution in [0.4, 0.5) is 4.79 Å². The number of allylic oxidation sites excluding steroid dienone is 1. The van der Waals surface area contributed by atoms with Crippen molar-refractivity contribution in [3.63, 3.8) is 0 Å². The number of unbranched alkanes of at least 4 members (excludes halogenated alkanes) is 3. The van der Waals surface area contributed by atoms with Gasteiger partial charge in [-0.2, -0.15) is 0 Å². The number of benzene rings is 1. The first kappa shape index (κ1) is 24.6. The highest BCUT2D eigenvalue weighted by molar-refractivity contribution is 5.95. The monoisotopic (exact) mass is 432 g/mol. The Labute approximate surface area is 185 Å². The van der Waals surface area contributed by atoms with E-state index >= 15 is 0 Å². The van der Waals surface area contributed by atoms with Crippen LogP contribution < -0.4 is 20.1 Å². The molecule has 31 heavy (non-hydrogen) atoms. The van der Waals surface area contributed by atoms with Gasteiger partial charge in [0.1, 0.15) is 0 Å². The van der Waals surface area contributed by atoms with Crippen LogP contribution in [0, 0.1) is 0 Å². The Morgan fingerprint density at radius 2 is 1.87 bits per heavy atom. The minimum atomic E-state index is -0.631. The third kappa shape index (κ3) is 6.91. The molecular weight excluding hydrogens is 396 g/mol. The molecule has 2 rings (SSSR count). The van der Waals surface area contributed by atoms with Gasteiger partial charge in [0, 0.05) is 5.70 Å². The number of nitrogens with one attached hydrogen (secondary N) is 2. The van der Waals surface area contributed by atoms with E-state index in [1.165, 1.54) is 12.8 Å². The van der Waals surface area contributed by atoms with Gasteiger partial charge in [0.25, 0.3) is 0 Å². The van der Waals surface area contributed by atoms with Crippen LogP contribution in [0.25, 0.3) is 0 Å². The van der Waals surface area contributed by atoms with Gasteiger partial charge in [0.15, 0.2) is 11.5 Å². The Kier molecular flexibility index (Phi) is 9.69. The Morgan fingerprint density at radius 3 is 2.52 bits per heavy atom. The van der Waals surface area contributed by atoms with E-state index < -0.39 is 12.0 Å². The lowest BCUT2D eigenvalue weighted by molar-refractivity contribution is -0.143. The number of esters is 1. The second-order valence-electron chi connectivity index (χ2n) is 7.95. The van der Waals surface area contributed by atoms with Gasteiger partial charge in [-0.1, -0.05) is 45.6 Å². The number of rotatable bonds is 12. The predicted octanol–water partition coefficient (Wildman–Crippen LogP) is 5.01. The average Bonchev–Trinajstić information content (AvgIpc) is 2.72. The van der Waals surface area contributed by atoms with E-state index in [0.717, 1.165) is 24.8 Å². The molecule has 1 aliphatic heterocycles. The van der Waals surface area contributed by atoms with Crippen LogP contribution in [-0.4, -0.2) is 31.8 Å². The van der Waals surface area contributed by atoms with Crippen molar-refractivity contribution in [1.29, 1.82) is 0 Å². The molecule has 1 unspecified atom stereocenters. The normalized spacial score (nSPS) is 16.1. The van der Waals surface area contributed by atoms with E-state index in [4.69, 9.17) is 14.2 Å². The van der Waals surface area contributed by atoms with Crippen LogP contribution in [0.2, 0.25) is 0 Å². The van der Waals surface area contributed by atoms with Crippen LogP contribution in [0.15, 0.2) is 29.5 Å². The number of ether oxygens (including phenoxy) is 3. The third-order valence-corrected chi connectivity index (χ3v) is 4.99. The maximum absolute atomic E-state index is 12.9. The standard InChI is InChI=1S/C24H36N2O5/c1-6-8-9-10-14-30-19-13-12-17(15-20(19)29-5)22-21(23(27)31-16(3)4)18(11-7-2)25-24(28)26-22/h12-13,15-16,22H,6-11,14H2,1-5H3,(H2,25,26,28). The summed E-state index contributed by atoms with van der Waals surface area (Å²) < 4.78 is 16.9. The van der Waals surface area contributed by atoms with E-state index in [0.29, 0.717) is 35.8 Å². The highest BCUT2D eigenvalue weighted by atomic mass is 16.5. The minimum Gasteiger partial charge on any atom is -0.493 e. The predicted molar refractivity (Wildman–Crippen MR) is 120 cm³/mol. The largest absolute Gasteiger partial charge is 0.493 e. The summed E-state index contributed by atoms with van der Waals surface area (Å²) in [6, 6.07) is 4.52. The lowest BCUT2D eigenvalue weighted by Crippen LogP contribution is -2.46. The zero-order valence-electron chi connectivity index (χ0n) is 19.4. The number of hydrogen-bond donors (Lipinski definition) is 2. The molecule has 1 heterocycles. The smallest absolute Gasteiger partial charge is 0.338 e. The first-order chi connectivity index (χ1) is 14.9. The molecule has 2 amide bonds. The Morgan fingerprint density at radius 1 is 1.10 bits per heavy atom. The fraction of sp³-hybridized carbons (Fsp3) is 0.583. The van der Waals surface area contributed by atoms with E-state index in [9.17, 15) is 9.59 Å². The van der Waals surface area contributed by atoms with Gasteiger partial charge in [-0.15, -0.1) is 0 Å². The summed E-state index contributed by atoms with van der Waals surface area (Å²) in [5, 5.41) is 5.64. The number of hydrogen-bond acceptors (Lipinski definition) is 5. The minimum absolute atomic E-state index is 0.265. The summed E-state index contributed by atoms with van der Waals surface area (Å²) in [6.45, 7) is 8.40. The average molecular weight is 433 g/mol. The van der Waals surface area contributed by atoms with Gasteiger partial charge in [0.2, 0.25) is 0 Å². The van der Waals surface area contributed by atoms with Crippen molar-refractivity contribution in [3.05, 3.63) is 35.0 Å². The SMILES string of the molecule is CCCCCCOc1ccc(C2NC(=O)NC(CCC)=C2C(=O)OC(C)C)cc1OC. The van der Waals surface area contributed by atoms with Gasteiger partial charge in [0.05, 0.1) is 31.4 Å². The first-order valence-corrected chi connectivity index (χ1v) is 11.2. The molecule has 0 aromatic heterocycles. The molecule has 0 radical (unpaired) electrons. The molecule has 7 heteroatoms. The van der Waals surface area contributed by atoms with E-state index in [2.05, 4.69) is 17.6 Å². The Bertz CT molecular complexity index is 788. The van der Waals surface area contributed by atoms with Gasteiger partial charge < -0.3 is 24.8 Å². The van der Waals surface area contributed by atoms with Crippen LogP contribution in [0.1, 0.15) is 77.8 Å². The Balaban J connectivity index is 2.32. The zero-order chi connectivity index (χ0) is 22.8. The zero-order valence-corrected chi connectivity index (χ0v) is 19.4. The molecule has 7 nitrogen and oxygen atoms in total. The molecule has 1 atom stereocenters. The third-order valence-electron chi connectivity index (χ3n) is 4.99. The summed E-state index contributed by atoms with van der Waals surface area (Å²) in [4.78, 5) is 25.2. The van der Waals surface area contributed by atoms with Crippen LogP contribution in [0.3, 0.4) is 0 Å². The summed E-state index contributed by atoms with van der Waals surface area (Å²) in [7, 11) is 1.58. The van der Waals surface area contributed by atoms with Gasteiger partial charge in [-0.25, -0.2) is 9.59 Å². The molecule has 0 aliphatic carbocycles. The maximum Gasteiger partial charge on any atom is 0.338 e. The summed E-state index contributed by atoms with van der Waals surface area (Å²) in [5.41, 5.74) is 1.75. The summed E-state index contributed by atoms with van der Waals surface area (Å²) in [6.07, 6.45) is 5.57. The highest BCUT2D eigenvalue weighted by Gasteiger charge is 2.34. The Hall–Kier alpha value is -2.70. The fourth-order valence-corrected chi connectivity index (χ4v) is 3.53. The molecular formula is C24H36N2O5.